The Hall–Kier alpha value is -3.07. The van der Waals surface area contributed by atoms with Gasteiger partial charge in [-0.2, -0.15) is 4.98 Å². The molecule has 0 spiro atoms. The molecule has 3 heterocycles. The minimum atomic E-state index is -1.12. The van der Waals surface area contributed by atoms with Crippen LogP contribution in [0.5, 0.6) is 0 Å². The van der Waals surface area contributed by atoms with Crippen molar-refractivity contribution in [1.82, 2.24) is 24.1 Å². The van der Waals surface area contributed by atoms with E-state index in [1.165, 1.54) is 18.5 Å². The summed E-state index contributed by atoms with van der Waals surface area (Å²) in [6, 6.07) is 4.21. The maximum Gasteiger partial charge on any atom is 0.278 e. The van der Waals surface area contributed by atoms with E-state index in [1.807, 2.05) is 13.8 Å². The van der Waals surface area contributed by atoms with E-state index in [4.69, 9.17) is 4.52 Å². The lowest BCUT2D eigenvalue weighted by molar-refractivity contribution is 0.0112. The van der Waals surface area contributed by atoms with Crippen molar-refractivity contribution in [2.75, 3.05) is 0 Å². The highest BCUT2D eigenvalue weighted by Gasteiger charge is 2.39. The molecule has 1 aliphatic carbocycles. The van der Waals surface area contributed by atoms with E-state index in [2.05, 4.69) is 15.1 Å². The molecule has 30 heavy (non-hydrogen) atoms. The largest absolute Gasteiger partial charge is 0.380 e. The number of aliphatic hydroxyl groups is 1. The number of hydrogen-bond acceptors (Lipinski definition) is 6. The van der Waals surface area contributed by atoms with Crippen LogP contribution < -0.4 is 5.56 Å². The molecule has 0 saturated heterocycles. The maximum atomic E-state index is 14.0. The van der Waals surface area contributed by atoms with Crippen LogP contribution in [-0.4, -0.2) is 29.2 Å². The first-order chi connectivity index (χ1) is 14.4. The Balaban J connectivity index is 1.77. The molecule has 3 aromatic heterocycles. The van der Waals surface area contributed by atoms with Crippen LogP contribution >= 0.6 is 0 Å². The zero-order valence-electron chi connectivity index (χ0n) is 16.8. The number of aromatic nitrogens is 5. The summed E-state index contributed by atoms with van der Waals surface area (Å²) in [6.07, 6.45) is 5.12. The zero-order valence-corrected chi connectivity index (χ0v) is 16.8. The number of benzene rings is 1. The third kappa shape index (κ3) is 2.68. The van der Waals surface area contributed by atoms with Gasteiger partial charge in [-0.3, -0.25) is 9.20 Å². The SMILES string of the molecule is CCC(C)n1c(=O)c2c(-c3noc(C4(O)CCCC4)n3)ncn2c2ccc(F)cc21. The molecule has 1 aliphatic rings. The average molecular weight is 411 g/mol. The Morgan fingerprint density at radius 1 is 1.30 bits per heavy atom. The van der Waals surface area contributed by atoms with Crippen molar-refractivity contribution in [3.63, 3.8) is 0 Å². The van der Waals surface area contributed by atoms with E-state index < -0.39 is 11.4 Å². The lowest BCUT2D eigenvalue weighted by atomic mass is 10.0. The van der Waals surface area contributed by atoms with Gasteiger partial charge in [-0.25, -0.2) is 9.37 Å². The minimum Gasteiger partial charge on any atom is -0.380 e. The van der Waals surface area contributed by atoms with Gasteiger partial charge >= 0.3 is 0 Å². The summed E-state index contributed by atoms with van der Waals surface area (Å²) in [5.41, 5.74) is 0.297. The molecule has 8 nitrogen and oxygen atoms in total. The van der Waals surface area contributed by atoms with Gasteiger partial charge in [0.1, 0.15) is 29.0 Å². The first-order valence-corrected chi connectivity index (χ1v) is 10.2. The van der Waals surface area contributed by atoms with Crippen molar-refractivity contribution in [3.05, 3.63) is 46.6 Å². The van der Waals surface area contributed by atoms with Gasteiger partial charge in [0.2, 0.25) is 5.82 Å². The Morgan fingerprint density at radius 3 is 2.80 bits per heavy atom. The molecular weight excluding hydrogens is 389 g/mol. The summed E-state index contributed by atoms with van der Waals surface area (Å²) in [5.74, 6) is -0.102. The van der Waals surface area contributed by atoms with E-state index in [9.17, 15) is 14.3 Å². The maximum absolute atomic E-state index is 14.0. The standard InChI is InChI=1S/C21H22FN5O3/c1-3-12(2)27-15-10-13(22)6-7-14(15)26-11-23-16(17(26)19(27)28)18-24-20(30-25-18)21(29)8-4-5-9-21/h6-7,10-12,29H,3-5,8-9H2,1-2H3. The van der Waals surface area contributed by atoms with E-state index >= 15 is 0 Å². The second-order valence-corrected chi connectivity index (χ2v) is 8.04. The lowest BCUT2D eigenvalue weighted by Crippen LogP contribution is -2.26. The molecule has 9 heteroatoms. The predicted octanol–water partition coefficient (Wildman–Crippen LogP) is 3.57. The normalized spacial score (nSPS) is 17.2. The van der Waals surface area contributed by atoms with Gasteiger partial charge in [0.25, 0.3) is 11.4 Å². The number of rotatable bonds is 4. The molecule has 1 saturated carbocycles. The highest BCUT2D eigenvalue weighted by molar-refractivity contribution is 5.83. The number of halogens is 1. The summed E-state index contributed by atoms with van der Waals surface area (Å²) in [6.45, 7) is 3.89. The van der Waals surface area contributed by atoms with Crippen molar-refractivity contribution in [2.45, 2.75) is 57.6 Å². The molecular formula is C21H22FN5O3. The molecule has 1 fully saturated rings. The fraction of sp³-hybridized carbons (Fsp3) is 0.429. The number of fused-ring (bicyclic) bond motifs is 3. The molecule has 0 amide bonds. The first-order valence-electron chi connectivity index (χ1n) is 10.2. The number of hydrogen-bond donors (Lipinski definition) is 1. The van der Waals surface area contributed by atoms with E-state index in [0.29, 0.717) is 35.8 Å². The van der Waals surface area contributed by atoms with Crippen molar-refractivity contribution in [2.24, 2.45) is 0 Å². The fourth-order valence-corrected chi connectivity index (χ4v) is 4.32. The van der Waals surface area contributed by atoms with Gasteiger partial charge in [-0.1, -0.05) is 12.1 Å². The van der Waals surface area contributed by atoms with Crippen molar-refractivity contribution in [1.29, 1.82) is 0 Å². The van der Waals surface area contributed by atoms with Crippen LogP contribution in [0, 0.1) is 5.82 Å². The highest BCUT2D eigenvalue weighted by Crippen LogP contribution is 2.38. The predicted molar refractivity (Wildman–Crippen MR) is 108 cm³/mol. The molecule has 5 rings (SSSR count). The van der Waals surface area contributed by atoms with Crippen LogP contribution in [0.1, 0.15) is 57.9 Å². The smallest absolute Gasteiger partial charge is 0.278 e. The topological polar surface area (TPSA) is 98.5 Å². The van der Waals surface area contributed by atoms with Crippen LogP contribution in [0.25, 0.3) is 28.1 Å². The lowest BCUT2D eigenvalue weighted by Gasteiger charge is -2.17. The highest BCUT2D eigenvalue weighted by atomic mass is 19.1. The van der Waals surface area contributed by atoms with Gasteiger partial charge < -0.3 is 14.2 Å². The molecule has 4 aromatic rings. The van der Waals surface area contributed by atoms with Gasteiger partial charge in [0, 0.05) is 6.04 Å². The van der Waals surface area contributed by atoms with E-state index in [0.717, 1.165) is 12.8 Å². The van der Waals surface area contributed by atoms with Gasteiger partial charge in [-0.15, -0.1) is 0 Å². The third-order valence-corrected chi connectivity index (χ3v) is 6.14. The average Bonchev–Trinajstić information content (AvgIpc) is 3.47. The number of imidazole rings is 1. The summed E-state index contributed by atoms with van der Waals surface area (Å²) in [4.78, 5) is 22.2. The Bertz CT molecular complexity index is 1320. The van der Waals surface area contributed by atoms with Crippen LogP contribution in [0.3, 0.4) is 0 Å². The molecule has 0 radical (unpaired) electrons. The Labute approximate surface area is 171 Å². The first kappa shape index (κ1) is 18.9. The third-order valence-electron chi connectivity index (χ3n) is 6.14. The monoisotopic (exact) mass is 411 g/mol. The minimum absolute atomic E-state index is 0.144. The van der Waals surface area contributed by atoms with E-state index in [1.54, 1.807) is 15.0 Å². The molecule has 1 unspecified atom stereocenters. The zero-order chi connectivity index (χ0) is 21.0. The van der Waals surface area contributed by atoms with Crippen molar-refractivity contribution in [3.8, 4) is 11.5 Å². The van der Waals surface area contributed by atoms with E-state index in [-0.39, 0.29) is 29.0 Å². The van der Waals surface area contributed by atoms with Crippen LogP contribution in [0.2, 0.25) is 0 Å². The Morgan fingerprint density at radius 2 is 2.07 bits per heavy atom. The second kappa shape index (κ2) is 6.73. The fourth-order valence-electron chi connectivity index (χ4n) is 4.32. The summed E-state index contributed by atoms with van der Waals surface area (Å²) >= 11 is 0. The molecule has 1 atom stereocenters. The second-order valence-electron chi connectivity index (χ2n) is 8.04. The molecule has 1 aromatic carbocycles. The summed E-state index contributed by atoms with van der Waals surface area (Å²) in [5, 5.41) is 14.7. The summed E-state index contributed by atoms with van der Waals surface area (Å²) < 4.78 is 22.5. The van der Waals surface area contributed by atoms with Gasteiger partial charge in [-0.05, 0) is 57.2 Å². The molecule has 156 valence electrons. The Kier molecular flexibility index (Phi) is 4.25. The summed E-state index contributed by atoms with van der Waals surface area (Å²) in [7, 11) is 0. The quantitative estimate of drug-likeness (QED) is 0.551. The van der Waals surface area contributed by atoms with Crippen LogP contribution in [-0.2, 0) is 5.60 Å². The van der Waals surface area contributed by atoms with Gasteiger partial charge in [0.05, 0.1) is 11.0 Å². The molecule has 1 N–H and O–H groups in total. The van der Waals surface area contributed by atoms with Crippen molar-refractivity contribution >= 4 is 16.6 Å². The molecule has 0 bridgehead atoms. The van der Waals surface area contributed by atoms with Crippen molar-refractivity contribution < 1.29 is 14.0 Å². The number of nitrogens with zero attached hydrogens (tertiary/aromatic N) is 5. The van der Waals surface area contributed by atoms with Crippen LogP contribution in [0.4, 0.5) is 4.39 Å². The van der Waals surface area contributed by atoms with Gasteiger partial charge in [0.15, 0.2) is 0 Å². The molecule has 0 aliphatic heterocycles. The van der Waals surface area contributed by atoms with Crippen LogP contribution in [0.15, 0.2) is 33.8 Å².